The first-order chi connectivity index (χ1) is 8.58. The molecule has 0 aliphatic heterocycles. The summed E-state index contributed by atoms with van der Waals surface area (Å²) in [5.41, 5.74) is 0.768. The van der Waals surface area contributed by atoms with Crippen LogP contribution in [0.15, 0.2) is 29.2 Å². The largest absolute Gasteiger partial charge is 0.355 e. The van der Waals surface area contributed by atoms with E-state index in [2.05, 4.69) is 0 Å². The smallest absolute Gasteiger partial charge is 0.166 e. The molecule has 0 aromatic heterocycles. The molecule has 0 unspecified atom stereocenters. The molecule has 0 N–H and O–H groups in total. The summed E-state index contributed by atoms with van der Waals surface area (Å²) in [7, 11) is 3.25. The summed E-state index contributed by atoms with van der Waals surface area (Å²) in [5, 5.41) is 0. The molecular formula is C14H20O3S. The second-order valence-corrected chi connectivity index (χ2v) is 5.35. The number of hydrogen-bond acceptors (Lipinski definition) is 4. The highest BCUT2D eigenvalue weighted by Gasteiger charge is 2.10. The topological polar surface area (TPSA) is 35.5 Å². The lowest BCUT2D eigenvalue weighted by molar-refractivity contribution is -0.0842. The number of Topliss-reactive ketones (excluding diaryl/α,β-unsaturated/α-hetero) is 1. The van der Waals surface area contributed by atoms with E-state index in [4.69, 9.17) is 9.47 Å². The maximum absolute atomic E-state index is 11.8. The zero-order valence-electron chi connectivity index (χ0n) is 11.3. The summed E-state index contributed by atoms with van der Waals surface area (Å²) in [4.78, 5) is 12.9. The Bertz CT molecular complexity index is 369. The molecule has 0 aliphatic carbocycles. The first-order valence-corrected chi connectivity index (χ1v) is 6.89. The summed E-state index contributed by atoms with van der Waals surface area (Å²) in [6.45, 7) is 3.82. The van der Waals surface area contributed by atoms with Gasteiger partial charge in [0.15, 0.2) is 12.1 Å². The van der Waals surface area contributed by atoms with Gasteiger partial charge in [-0.15, -0.1) is 11.8 Å². The molecular weight excluding hydrogens is 248 g/mol. The molecule has 0 saturated carbocycles. The van der Waals surface area contributed by atoms with Crippen LogP contribution in [0.25, 0.3) is 0 Å². The van der Waals surface area contributed by atoms with E-state index in [-0.39, 0.29) is 18.0 Å². The Labute approximate surface area is 113 Å². The molecule has 0 aliphatic rings. The standard InChI is InChI=1S/C14H20O3S/c1-10(2)14(15)11-5-7-12(8-6-11)18-9-13(16-3)17-4/h5-8,10,13H,9H2,1-4H3. The van der Waals surface area contributed by atoms with Crippen LogP contribution < -0.4 is 0 Å². The van der Waals surface area contributed by atoms with Crippen molar-refractivity contribution in [3.63, 3.8) is 0 Å². The average molecular weight is 268 g/mol. The number of methoxy groups -OCH3 is 2. The van der Waals surface area contributed by atoms with Gasteiger partial charge in [-0.05, 0) is 12.1 Å². The minimum absolute atomic E-state index is 0.0369. The minimum Gasteiger partial charge on any atom is -0.355 e. The summed E-state index contributed by atoms with van der Waals surface area (Å²) in [6, 6.07) is 7.67. The van der Waals surface area contributed by atoms with Crippen molar-refractivity contribution in [3.05, 3.63) is 29.8 Å². The van der Waals surface area contributed by atoms with E-state index in [0.717, 1.165) is 16.2 Å². The second-order valence-electron chi connectivity index (χ2n) is 4.26. The van der Waals surface area contributed by atoms with E-state index in [1.807, 2.05) is 38.1 Å². The number of carbonyl (C=O) groups excluding carboxylic acids is 1. The van der Waals surface area contributed by atoms with E-state index in [0.29, 0.717) is 0 Å². The number of carbonyl (C=O) groups is 1. The fourth-order valence-corrected chi connectivity index (χ4v) is 2.37. The molecule has 1 rings (SSSR count). The van der Waals surface area contributed by atoms with Crippen LogP contribution in [0, 0.1) is 5.92 Å². The zero-order valence-corrected chi connectivity index (χ0v) is 12.1. The molecule has 0 bridgehead atoms. The third-order valence-corrected chi connectivity index (χ3v) is 3.62. The lowest BCUT2D eigenvalue weighted by Crippen LogP contribution is -2.15. The highest BCUT2D eigenvalue weighted by molar-refractivity contribution is 7.99. The molecule has 0 saturated heterocycles. The Morgan fingerprint density at radius 3 is 2.17 bits per heavy atom. The molecule has 1 aromatic carbocycles. The van der Waals surface area contributed by atoms with E-state index in [1.54, 1.807) is 26.0 Å². The molecule has 4 heteroatoms. The first-order valence-electron chi connectivity index (χ1n) is 5.91. The van der Waals surface area contributed by atoms with E-state index >= 15 is 0 Å². The molecule has 1 aromatic rings. The van der Waals surface area contributed by atoms with Gasteiger partial charge in [-0.2, -0.15) is 0 Å². The van der Waals surface area contributed by atoms with Crippen LogP contribution >= 0.6 is 11.8 Å². The highest BCUT2D eigenvalue weighted by atomic mass is 32.2. The maximum atomic E-state index is 11.8. The Kier molecular flexibility index (Phi) is 6.39. The Morgan fingerprint density at radius 2 is 1.72 bits per heavy atom. The van der Waals surface area contributed by atoms with Crippen molar-refractivity contribution < 1.29 is 14.3 Å². The molecule has 3 nitrogen and oxygen atoms in total. The number of ether oxygens (including phenoxy) is 2. The minimum atomic E-state index is -0.202. The van der Waals surface area contributed by atoms with Gasteiger partial charge in [0, 0.05) is 36.3 Å². The van der Waals surface area contributed by atoms with E-state index < -0.39 is 0 Å². The van der Waals surface area contributed by atoms with Crippen LogP contribution in [-0.4, -0.2) is 32.0 Å². The van der Waals surface area contributed by atoms with Gasteiger partial charge >= 0.3 is 0 Å². The van der Waals surface area contributed by atoms with Crippen LogP contribution in [0.2, 0.25) is 0 Å². The molecule has 0 atom stereocenters. The fourth-order valence-electron chi connectivity index (χ4n) is 1.45. The van der Waals surface area contributed by atoms with Gasteiger partial charge in [-0.3, -0.25) is 4.79 Å². The predicted molar refractivity (Wildman–Crippen MR) is 74.1 cm³/mol. The molecule has 0 amide bonds. The van der Waals surface area contributed by atoms with Gasteiger partial charge in [0.05, 0.1) is 0 Å². The number of ketones is 1. The number of rotatable bonds is 7. The first kappa shape index (κ1) is 15.2. The molecule has 0 heterocycles. The highest BCUT2D eigenvalue weighted by Crippen LogP contribution is 2.21. The van der Waals surface area contributed by atoms with Gasteiger partial charge in [0.25, 0.3) is 0 Å². The number of benzene rings is 1. The van der Waals surface area contributed by atoms with Crippen molar-refractivity contribution in [2.75, 3.05) is 20.0 Å². The second kappa shape index (κ2) is 7.56. The van der Waals surface area contributed by atoms with Crippen molar-refractivity contribution in [1.82, 2.24) is 0 Å². The van der Waals surface area contributed by atoms with Crippen LogP contribution in [0.4, 0.5) is 0 Å². The average Bonchev–Trinajstić information content (AvgIpc) is 2.39. The van der Waals surface area contributed by atoms with Crippen molar-refractivity contribution in [3.8, 4) is 0 Å². The van der Waals surface area contributed by atoms with Gasteiger partial charge in [-0.1, -0.05) is 26.0 Å². The van der Waals surface area contributed by atoms with Crippen LogP contribution in [0.5, 0.6) is 0 Å². The molecule has 0 radical (unpaired) electrons. The summed E-state index contributed by atoms with van der Waals surface area (Å²) < 4.78 is 10.2. The Hall–Kier alpha value is -0.840. The van der Waals surface area contributed by atoms with Gasteiger partial charge < -0.3 is 9.47 Å². The SMILES string of the molecule is COC(CSc1ccc(C(=O)C(C)C)cc1)OC. The normalized spacial score (nSPS) is 11.2. The third kappa shape index (κ3) is 4.44. The Morgan fingerprint density at radius 1 is 1.17 bits per heavy atom. The predicted octanol–water partition coefficient (Wildman–Crippen LogP) is 3.24. The lowest BCUT2D eigenvalue weighted by Gasteiger charge is -2.12. The van der Waals surface area contributed by atoms with Crippen molar-refractivity contribution in [1.29, 1.82) is 0 Å². The zero-order chi connectivity index (χ0) is 13.5. The van der Waals surface area contributed by atoms with Gasteiger partial charge in [0.1, 0.15) is 0 Å². The van der Waals surface area contributed by atoms with Crippen LogP contribution in [0.3, 0.4) is 0 Å². The molecule has 100 valence electrons. The van der Waals surface area contributed by atoms with E-state index in [1.165, 1.54) is 0 Å². The van der Waals surface area contributed by atoms with Crippen LogP contribution in [-0.2, 0) is 9.47 Å². The lowest BCUT2D eigenvalue weighted by atomic mass is 10.0. The Balaban J connectivity index is 2.58. The van der Waals surface area contributed by atoms with E-state index in [9.17, 15) is 4.79 Å². The summed E-state index contributed by atoms with van der Waals surface area (Å²) >= 11 is 1.65. The van der Waals surface area contributed by atoms with Crippen molar-refractivity contribution in [2.45, 2.75) is 25.0 Å². The molecule has 0 spiro atoms. The fraction of sp³-hybridized carbons (Fsp3) is 0.500. The van der Waals surface area contributed by atoms with Crippen LogP contribution in [0.1, 0.15) is 24.2 Å². The maximum Gasteiger partial charge on any atom is 0.166 e. The van der Waals surface area contributed by atoms with Gasteiger partial charge in [0.2, 0.25) is 0 Å². The quantitative estimate of drug-likeness (QED) is 0.432. The van der Waals surface area contributed by atoms with Crippen molar-refractivity contribution >= 4 is 17.5 Å². The van der Waals surface area contributed by atoms with Gasteiger partial charge in [-0.25, -0.2) is 0 Å². The number of thioether (sulfide) groups is 1. The molecule has 0 fully saturated rings. The van der Waals surface area contributed by atoms with Crippen molar-refractivity contribution in [2.24, 2.45) is 5.92 Å². The summed E-state index contributed by atoms with van der Waals surface area (Å²) in [6.07, 6.45) is -0.202. The monoisotopic (exact) mass is 268 g/mol. The molecule has 18 heavy (non-hydrogen) atoms. The third-order valence-electron chi connectivity index (χ3n) is 2.58. The number of hydrogen-bond donors (Lipinski definition) is 0. The summed E-state index contributed by atoms with van der Waals surface area (Å²) in [5.74, 6) is 0.942.